The normalized spacial score (nSPS) is 12.3. The minimum absolute atomic E-state index is 0.351. The van der Waals surface area contributed by atoms with E-state index in [2.05, 4.69) is 15.3 Å². The van der Waals surface area contributed by atoms with Gasteiger partial charge in [-0.15, -0.1) is 5.10 Å². The average molecular weight is 270 g/mol. The van der Waals surface area contributed by atoms with E-state index in [-0.39, 0.29) is 0 Å². The molecule has 1 unspecified atom stereocenters. The molecule has 0 bridgehead atoms. The molecule has 0 aliphatic rings. The average Bonchev–Trinajstić information content (AvgIpc) is 2.97. The van der Waals surface area contributed by atoms with Crippen molar-refractivity contribution in [2.75, 3.05) is 0 Å². The van der Waals surface area contributed by atoms with Gasteiger partial charge in [-0.3, -0.25) is 4.98 Å². The number of nitrogens with zero attached hydrogens (tertiary/aromatic N) is 4. The Kier molecular flexibility index (Phi) is 3.22. The van der Waals surface area contributed by atoms with Gasteiger partial charge in [0.1, 0.15) is 11.9 Å². The van der Waals surface area contributed by atoms with Crippen LogP contribution in [0, 0.1) is 5.82 Å². The lowest BCUT2D eigenvalue weighted by Gasteiger charge is -2.12. The highest BCUT2D eigenvalue weighted by atomic mass is 19.1. The fourth-order valence-corrected chi connectivity index (χ4v) is 1.95. The number of halogens is 1. The minimum atomic E-state index is -1.05. The lowest BCUT2D eigenvalue weighted by Crippen LogP contribution is -2.09. The molecular formula is C14H11FN4O. The van der Waals surface area contributed by atoms with Gasteiger partial charge < -0.3 is 5.11 Å². The summed E-state index contributed by atoms with van der Waals surface area (Å²) in [5.41, 5.74) is 1.57. The molecule has 0 saturated carbocycles. The second-order valence-electron chi connectivity index (χ2n) is 4.25. The molecule has 0 saturated heterocycles. The molecule has 5 nitrogen and oxygen atoms in total. The van der Waals surface area contributed by atoms with Crippen LogP contribution in [-0.4, -0.2) is 25.1 Å². The van der Waals surface area contributed by atoms with Crippen molar-refractivity contribution in [3.05, 3.63) is 72.1 Å². The molecule has 0 radical (unpaired) electrons. The summed E-state index contributed by atoms with van der Waals surface area (Å²) in [4.78, 5) is 3.73. The number of benzene rings is 1. The van der Waals surface area contributed by atoms with Crippen LogP contribution < -0.4 is 0 Å². The molecule has 0 aliphatic carbocycles. The van der Waals surface area contributed by atoms with Crippen LogP contribution in [-0.2, 0) is 0 Å². The van der Waals surface area contributed by atoms with Crippen LogP contribution in [0.25, 0.3) is 5.69 Å². The van der Waals surface area contributed by atoms with E-state index >= 15 is 0 Å². The summed E-state index contributed by atoms with van der Waals surface area (Å²) in [6.45, 7) is 0. The summed E-state index contributed by atoms with van der Waals surface area (Å²) in [5, 5.41) is 18.1. The number of pyridine rings is 1. The Hall–Kier alpha value is -2.60. The van der Waals surface area contributed by atoms with E-state index < -0.39 is 11.9 Å². The lowest BCUT2D eigenvalue weighted by molar-refractivity contribution is 0.211. The zero-order valence-electron chi connectivity index (χ0n) is 10.4. The molecular weight excluding hydrogens is 259 g/mol. The first-order valence-corrected chi connectivity index (χ1v) is 6.00. The molecule has 2 aromatic heterocycles. The summed E-state index contributed by atoms with van der Waals surface area (Å²) < 4.78 is 14.7. The highest BCUT2D eigenvalue weighted by Gasteiger charge is 2.18. The molecule has 20 heavy (non-hydrogen) atoms. The van der Waals surface area contributed by atoms with Gasteiger partial charge in [0.2, 0.25) is 0 Å². The second-order valence-corrected chi connectivity index (χ2v) is 4.25. The molecule has 1 aromatic carbocycles. The summed E-state index contributed by atoms with van der Waals surface area (Å²) >= 11 is 0. The molecule has 0 fully saturated rings. The van der Waals surface area contributed by atoms with E-state index in [1.54, 1.807) is 0 Å². The monoisotopic (exact) mass is 270 g/mol. The largest absolute Gasteiger partial charge is 0.382 e. The zero-order valence-corrected chi connectivity index (χ0v) is 10.4. The van der Waals surface area contributed by atoms with E-state index in [1.807, 2.05) is 30.3 Å². The highest BCUT2D eigenvalue weighted by Crippen LogP contribution is 2.22. The van der Waals surface area contributed by atoms with Gasteiger partial charge >= 0.3 is 0 Å². The molecule has 0 amide bonds. The number of hydrogen-bond donors (Lipinski definition) is 1. The Bertz CT molecular complexity index is 714. The first-order chi connectivity index (χ1) is 9.75. The number of aromatic nitrogens is 4. The van der Waals surface area contributed by atoms with Crippen molar-refractivity contribution in [1.82, 2.24) is 20.0 Å². The van der Waals surface area contributed by atoms with E-state index in [9.17, 15) is 9.50 Å². The minimum Gasteiger partial charge on any atom is -0.382 e. The topological polar surface area (TPSA) is 63.8 Å². The Morgan fingerprint density at radius 2 is 1.90 bits per heavy atom. The van der Waals surface area contributed by atoms with Gasteiger partial charge in [-0.1, -0.05) is 23.4 Å². The molecule has 100 valence electrons. The van der Waals surface area contributed by atoms with Crippen LogP contribution in [0.1, 0.15) is 17.4 Å². The Morgan fingerprint density at radius 1 is 1.10 bits per heavy atom. The van der Waals surface area contributed by atoms with Gasteiger partial charge in [0, 0.05) is 11.8 Å². The predicted octanol–water partition coefficient (Wildman–Crippen LogP) is 1.88. The number of aliphatic hydroxyl groups excluding tert-OH is 1. The van der Waals surface area contributed by atoms with Crippen molar-refractivity contribution < 1.29 is 9.50 Å². The Balaban J connectivity index is 2.02. The SMILES string of the molecule is OC(c1cncc(F)c1)c1cnnn1-c1ccccc1. The first kappa shape index (κ1) is 12.4. The second kappa shape index (κ2) is 5.18. The van der Waals surface area contributed by atoms with Crippen molar-refractivity contribution in [3.63, 3.8) is 0 Å². The summed E-state index contributed by atoms with van der Waals surface area (Å²) in [6, 6.07) is 10.5. The molecule has 1 atom stereocenters. The summed E-state index contributed by atoms with van der Waals surface area (Å²) in [5.74, 6) is -0.500. The van der Waals surface area contributed by atoms with Gasteiger partial charge in [-0.25, -0.2) is 9.07 Å². The molecule has 3 aromatic rings. The maximum absolute atomic E-state index is 13.2. The summed E-state index contributed by atoms with van der Waals surface area (Å²) in [6.07, 6.45) is 2.90. The molecule has 0 spiro atoms. The predicted molar refractivity (Wildman–Crippen MR) is 69.6 cm³/mol. The van der Waals surface area contributed by atoms with Crippen molar-refractivity contribution in [1.29, 1.82) is 0 Å². The van der Waals surface area contributed by atoms with Crippen LogP contribution in [0.4, 0.5) is 4.39 Å². The molecule has 6 heteroatoms. The fraction of sp³-hybridized carbons (Fsp3) is 0.0714. The molecule has 2 heterocycles. The van der Waals surface area contributed by atoms with Crippen molar-refractivity contribution >= 4 is 0 Å². The number of rotatable bonds is 3. The van der Waals surface area contributed by atoms with Crippen LogP contribution >= 0.6 is 0 Å². The lowest BCUT2D eigenvalue weighted by atomic mass is 10.1. The van der Waals surface area contributed by atoms with Crippen molar-refractivity contribution in [2.24, 2.45) is 0 Å². The van der Waals surface area contributed by atoms with E-state index in [0.717, 1.165) is 11.9 Å². The maximum atomic E-state index is 13.2. The van der Waals surface area contributed by atoms with Crippen LogP contribution in [0.5, 0.6) is 0 Å². The molecule has 0 aliphatic heterocycles. The van der Waals surface area contributed by atoms with E-state index in [0.29, 0.717) is 11.3 Å². The maximum Gasteiger partial charge on any atom is 0.141 e. The van der Waals surface area contributed by atoms with Gasteiger partial charge in [-0.2, -0.15) is 0 Å². The number of hydrogen-bond acceptors (Lipinski definition) is 4. The summed E-state index contributed by atoms with van der Waals surface area (Å²) in [7, 11) is 0. The molecule has 1 N–H and O–H groups in total. The van der Waals surface area contributed by atoms with Gasteiger partial charge in [0.05, 0.1) is 23.8 Å². The Labute approximate surface area is 114 Å². The molecule has 3 rings (SSSR count). The van der Waals surface area contributed by atoms with E-state index in [1.165, 1.54) is 23.1 Å². The first-order valence-electron chi connectivity index (χ1n) is 6.00. The van der Waals surface area contributed by atoms with Gasteiger partial charge in [-0.05, 0) is 18.2 Å². The van der Waals surface area contributed by atoms with Crippen LogP contribution in [0.2, 0.25) is 0 Å². The zero-order chi connectivity index (χ0) is 13.9. The third-order valence-corrected chi connectivity index (χ3v) is 2.90. The third-order valence-electron chi connectivity index (χ3n) is 2.90. The highest BCUT2D eigenvalue weighted by molar-refractivity contribution is 5.34. The number of aliphatic hydroxyl groups is 1. The van der Waals surface area contributed by atoms with Gasteiger partial charge in [0.25, 0.3) is 0 Å². The number of para-hydroxylation sites is 1. The van der Waals surface area contributed by atoms with Crippen LogP contribution in [0.3, 0.4) is 0 Å². The van der Waals surface area contributed by atoms with Crippen molar-refractivity contribution in [2.45, 2.75) is 6.10 Å². The fourth-order valence-electron chi connectivity index (χ4n) is 1.95. The van der Waals surface area contributed by atoms with Crippen molar-refractivity contribution in [3.8, 4) is 5.69 Å². The third kappa shape index (κ3) is 2.28. The van der Waals surface area contributed by atoms with Crippen LogP contribution in [0.15, 0.2) is 55.0 Å². The standard InChI is InChI=1S/C14H11FN4O/c15-11-6-10(7-16-8-11)14(20)13-9-17-18-19(13)12-4-2-1-3-5-12/h1-9,14,20H. The Morgan fingerprint density at radius 3 is 2.65 bits per heavy atom. The quantitative estimate of drug-likeness (QED) is 0.789. The smallest absolute Gasteiger partial charge is 0.141 e. The van der Waals surface area contributed by atoms with E-state index in [4.69, 9.17) is 0 Å². The van der Waals surface area contributed by atoms with Gasteiger partial charge in [0.15, 0.2) is 0 Å².